The molecule has 0 saturated carbocycles. The van der Waals surface area contributed by atoms with Gasteiger partial charge in [0.15, 0.2) is 0 Å². The SMILES string of the molecule is c1ccc(-n2c3ccccc3c3ccc(-[n+]4c[n+](-c5ccccc5)c[n+](-c5ccc(-c6cccc7c6sc6ccccc67)cc5)c4)cc32)cc1. The summed E-state index contributed by atoms with van der Waals surface area (Å²) in [6.07, 6.45) is 6.46. The van der Waals surface area contributed by atoms with Crippen molar-refractivity contribution in [3.05, 3.63) is 189 Å². The van der Waals surface area contributed by atoms with Crippen molar-refractivity contribution in [2.24, 2.45) is 0 Å². The van der Waals surface area contributed by atoms with Gasteiger partial charge < -0.3 is 4.57 Å². The summed E-state index contributed by atoms with van der Waals surface area (Å²) in [4.78, 5) is 0. The molecule has 0 amide bonds. The van der Waals surface area contributed by atoms with Crippen molar-refractivity contribution in [1.29, 1.82) is 0 Å². The lowest BCUT2D eigenvalue weighted by atomic mass is 10.0. The van der Waals surface area contributed by atoms with E-state index in [1.807, 2.05) is 11.3 Å². The topological polar surface area (TPSA) is 16.6 Å². The van der Waals surface area contributed by atoms with E-state index in [2.05, 4.69) is 207 Å². The van der Waals surface area contributed by atoms with Gasteiger partial charge in [0.1, 0.15) is 0 Å². The molecule has 0 unspecified atom stereocenters. The first-order valence-electron chi connectivity index (χ1n) is 16.8. The van der Waals surface area contributed by atoms with E-state index in [4.69, 9.17) is 0 Å². The first-order valence-corrected chi connectivity index (χ1v) is 17.6. The minimum Gasteiger partial charge on any atom is -0.309 e. The Hall–Kier alpha value is -6.43. The van der Waals surface area contributed by atoms with Crippen molar-refractivity contribution in [1.82, 2.24) is 4.57 Å². The molecule has 0 radical (unpaired) electrons. The summed E-state index contributed by atoms with van der Waals surface area (Å²) < 4.78 is 11.6. The largest absolute Gasteiger partial charge is 0.428 e. The third-order valence-electron chi connectivity index (χ3n) is 9.65. The third-order valence-corrected chi connectivity index (χ3v) is 10.9. The fourth-order valence-electron chi connectivity index (χ4n) is 7.25. The smallest absolute Gasteiger partial charge is 0.309 e. The molecule has 0 spiro atoms. The van der Waals surface area contributed by atoms with Crippen LogP contribution in [-0.4, -0.2) is 4.57 Å². The maximum Gasteiger partial charge on any atom is 0.428 e. The van der Waals surface area contributed by atoms with E-state index in [1.165, 1.54) is 53.1 Å². The third kappa shape index (κ3) is 4.71. The standard InChI is InChI=1S/C45H31N4S/c1-3-12-33(13-4-1)46-29-47(34-24-22-32(23-25-34)37-18-11-19-41-40-17-8-10-21-44(40)50-45(37)41)31-48(30-46)36-26-27-39-38-16-7-9-20-42(38)49(43(39)28-36)35-14-5-2-6-15-35/h1-31H/q+3. The fourth-order valence-corrected chi connectivity index (χ4v) is 8.49. The summed E-state index contributed by atoms with van der Waals surface area (Å²) in [5.41, 5.74) is 9.24. The average molecular weight is 660 g/mol. The number of nitrogens with zero attached hydrogens (tertiary/aromatic N) is 4. The highest BCUT2D eigenvalue weighted by atomic mass is 32.1. The Labute approximate surface area is 293 Å². The maximum absolute atomic E-state index is 2.37. The van der Waals surface area contributed by atoms with Crippen LogP contribution in [0.5, 0.6) is 0 Å². The second kappa shape index (κ2) is 11.6. The van der Waals surface area contributed by atoms with Gasteiger partial charge in [0, 0.05) is 73.0 Å². The van der Waals surface area contributed by atoms with Gasteiger partial charge >= 0.3 is 19.0 Å². The highest BCUT2D eigenvalue weighted by molar-refractivity contribution is 7.26. The van der Waals surface area contributed by atoms with Crippen LogP contribution in [0.4, 0.5) is 0 Å². The number of hydrogen-bond acceptors (Lipinski definition) is 1. The molecule has 50 heavy (non-hydrogen) atoms. The molecule has 10 rings (SSSR count). The van der Waals surface area contributed by atoms with E-state index in [-0.39, 0.29) is 0 Å². The van der Waals surface area contributed by atoms with Crippen molar-refractivity contribution in [2.75, 3.05) is 0 Å². The second-order valence-corrected chi connectivity index (χ2v) is 13.7. The zero-order valence-electron chi connectivity index (χ0n) is 27.1. The van der Waals surface area contributed by atoms with E-state index in [1.54, 1.807) is 0 Å². The van der Waals surface area contributed by atoms with Crippen molar-refractivity contribution in [2.45, 2.75) is 0 Å². The van der Waals surface area contributed by atoms with Crippen molar-refractivity contribution in [3.8, 4) is 33.9 Å². The van der Waals surface area contributed by atoms with Crippen LogP contribution < -0.4 is 13.7 Å². The normalized spacial score (nSPS) is 11.6. The Morgan fingerprint density at radius 1 is 0.400 bits per heavy atom. The van der Waals surface area contributed by atoms with E-state index >= 15 is 0 Å². The second-order valence-electron chi connectivity index (χ2n) is 12.6. The predicted octanol–water partition coefficient (Wildman–Crippen LogP) is 9.65. The van der Waals surface area contributed by atoms with Gasteiger partial charge in [0.25, 0.3) is 0 Å². The van der Waals surface area contributed by atoms with E-state index in [0.717, 1.165) is 22.7 Å². The van der Waals surface area contributed by atoms with Crippen LogP contribution in [0.15, 0.2) is 189 Å². The summed E-state index contributed by atoms with van der Waals surface area (Å²) in [6.45, 7) is 0. The van der Waals surface area contributed by atoms with Gasteiger partial charge in [-0.2, -0.15) is 0 Å². The number of hydrogen-bond donors (Lipinski definition) is 0. The molecule has 4 nitrogen and oxygen atoms in total. The summed E-state index contributed by atoms with van der Waals surface area (Å²) in [6, 6.07) is 60.9. The van der Waals surface area contributed by atoms with Crippen molar-refractivity contribution < 1.29 is 13.7 Å². The first-order chi connectivity index (χ1) is 24.8. The van der Waals surface area contributed by atoms with Crippen LogP contribution in [0.2, 0.25) is 0 Å². The minimum absolute atomic E-state index is 1.07. The fraction of sp³-hybridized carbons (Fsp3) is 0. The van der Waals surface area contributed by atoms with Crippen LogP contribution in [0.3, 0.4) is 0 Å². The van der Waals surface area contributed by atoms with Gasteiger partial charge in [0.2, 0.25) is 17.1 Å². The summed E-state index contributed by atoms with van der Waals surface area (Å²) in [5.74, 6) is 0. The Morgan fingerprint density at radius 3 is 1.76 bits per heavy atom. The van der Waals surface area contributed by atoms with Crippen molar-refractivity contribution in [3.63, 3.8) is 0 Å². The molecule has 0 bridgehead atoms. The monoisotopic (exact) mass is 659 g/mol. The van der Waals surface area contributed by atoms with Crippen LogP contribution in [0.1, 0.15) is 0 Å². The summed E-state index contributed by atoms with van der Waals surface area (Å²) in [5, 5.41) is 5.12. The van der Waals surface area contributed by atoms with Crippen LogP contribution in [-0.2, 0) is 0 Å². The quantitative estimate of drug-likeness (QED) is 0.164. The van der Waals surface area contributed by atoms with Gasteiger partial charge in [-0.1, -0.05) is 105 Å². The Bertz CT molecular complexity index is 2850. The molecule has 0 atom stereocenters. The summed E-state index contributed by atoms with van der Waals surface area (Å²) in [7, 11) is 0. The number of rotatable bonds is 5. The van der Waals surface area contributed by atoms with Gasteiger partial charge in [-0.05, 0) is 53.6 Å². The predicted molar refractivity (Wildman–Crippen MR) is 204 cm³/mol. The zero-order chi connectivity index (χ0) is 33.0. The Kier molecular flexibility index (Phi) is 6.64. The molecule has 0 N–H and O–H groups in total. The molecule has 10 aromatic rings. The molecule has 0 fully saturated rings. The minimum atomic E-state index is 1.07. The van der Waals surface area contributed by atoms with Gasteiger partial charge in [0.05, 0.1) is 11.0 Å². The van der Waals surface area contributed by atoms with E-state index in [9.17, 15) is 0 Å². The van der Waals surface area contributed by atoms with Gasteiger partial charge in [-0.3, -0.25) is 0 Å². The number of fused-ring (bicyclic) bond motifs is 6. The molecule has 7 aromatic carbocycles. The molecular formula is C45H31N4S+3. The zero-order valence-corrected chi connectivity index (χ0v) is 27.9. The molecule has 0 saturated heterocycles. The lowest BCUT2D eigenvalue weighted by Crippen LogP contribution is -2.55. The van der Waals surface area contributed by atoms with E-state index < -0.39 is 0 Å². The number of thiophene rings is 1. The van der Waals surface area contributed by atoms with Crippen LogP contribution in [0.25, 0.3) is 75.9 Å². The number of aromatic nitrogens is 4. The van der Waals surface area contributed by atoms with Crippen LogP contribution >= 0.6 is 11.3 Å². The van der Waals surface area contributed by atoms with Gasteiger partial charge in [-0.25, -0.2) is 0 Å². The molecule has 0 aliphatic heterocycles. The van der Waals surface area contributed by atoms with Crippen molar-refractivity contribution >= 4 is 53.3 Å². The maximum atomic E-state index is 2.37. The molecule has 5 heteroatoms. The lowest BCUT2D eigenvalue weighted by Gasteiger charge is -2.07. The Morgan fingerprint density at radius 2 is 0.980 bits per heavy atom. The highest BCUT2D eigenvalue weighted by Crippen LogP contribution is 2.39. The first kappa shape index (κ1) is 28.6. The molecule has 0 aliphatic rings. The average Bonchev–Trinajstić information content (AvgIpc) is 3.74. The molecule has 3 heterocycles. The lowest BCUT2D eigenvalue weighted by molar-refractivity contribution is -0.858. The summed E-state index contributed by atoms with van der Waals surface area (Å²) >= 11 is 1.87. The molecular weight excluding hydrogens is 629 g/mol. The number of benzene rings is 7. The molecule has 3 aromatic heterocycles. The molecule has 0 aliphatic carbocycles. The highest BCUT2D eigenvalue weighted by Gasteiger charge is 2.26. The van der Waals surface area contributed by atoms with Crippen LogP contribution in [0, 0.1) is 0 Å². The van der Waals surface area contributed by atoms with Gasteiger partial charge in [-0.15, -0.1) is 11.3 Å². The Balaban J connectivity index is 1.12. The number of para-hydroxylation sites is 3. The van der Waals surface area contributed by atoms with E-state index in [0.29, 0.717) is 0 Å². The molecule has 234 valence electrons.